The summed E-state index contributed by atoms with van der Waals surface area (Å²) >= 11 is 5.82. The van der Waals surface area contributed by atoms with Gasteiger partial charge in [0, 0.05) is 27.7 Å². The maximum absolute atomic E-state index is 14.9. The van der Waals surface area contributed by atoms with E-state index in [0.29, 0.717) is 5.56 Å². The second kappa shape index (κ2) is 7.82. The minimum atomic E-state index is -4.12. The second-order valence-electron chi connectivity index (χ2n) is 6.38. The lowest BCUT2D eigenvalue weighted by molar-refractivity contribution is 0.578. The number of aromatic amines is 1. The number of hydrogen-bond donors (Lipinski definition) is 2. The lowest BCUT2D eigenvalue weighted by Gasteiger charge is -2.10. The van der Waals surface area contributed by atoms with Gasteiger partial charge in [-0.3, -0.25) is 4.72 Å². The molecule has 4 nitrogen and oxygen atoms in total. The van der Waals surface area contributed by atoms with E-state index in [-0.39, 0.29) is 9.92 Å². The number of benzene rings is 3. The maximum Gasteiger partial charge on any atom is 0.262 e. The molecule has 0 unspecified atom stereocenters. The molecule has 0 fully saturated rings. The molecule has 0 aliphatic carbocycles. The van der Waals surface area contributed by atoms with Crippen molar-refractivity contribution in [2.24, 2.45) is 0 Å². The molecular formula is C22H13ClF2N2O2S. The first-order chi connectivity index (χ1) is 14.3. The van der Waals surface area contributed by atoms with Crippen LogP contribution in [0.2, 0.25) is 5.02 Å². The molecule has 0 atom stereocenters. The largest absolute Gasteiger partial charge is 0.361 e. The van der Waals surface area contributed by atoms with Gasteiger partial charge in [-0.05, 0) is 54.6 Å². The number of rotatable bonds is 3. The minimum absolute atomic E-state index is 0.147. The molecule has 150 valence electrons. The van der Waals surface area contributed by atoms with Crippen molar-refractivity contribution >= 4 is 38.2 Å². The molecule has 0 amide bonds. The van der Waals surface area contributed by atoms with Crippen LogP contribution in [0.4, 0.5) is 14.5 Å². The van der Waals surface area contributed by atoms with Gasteiger partial charge in [-0.15, -0.1) is 0 Å². The highest BCUT2D eigenvalue weighted by atomic mass is 35.5. The third kappa shape index (κ3) is 4.01. The first-order valence-electron chi connectivity index (χ1n) is 8.69. The van der Waals surface area contributed by atoms with Crippen LogP contribution in [0.1, 0.15) is 11.1 Å². The quantitative estimate of drug-likeness (QED) is 0.423. The summed E-state index contributed by atoms with van der Waals surface area (Å²) in [6, 6.07) is 14.6. The smallest absolute Gasteiger partial charge is 0.262 e. The van der Waals surface area contributed by atoms with Crippen LogP contribution in [-0.2, 0) is 10.0 Å². The van der Waals surface area contributed by atoms with E-state index in [9.17, 15) is 17.2 Å². The summed E-state index contributed by atoms with van der Waals surface area (Å²) in [4.78, 5) is 2.90. The van der Waals surface area contributed by atoms with Gasteiger partial charge in [-0.1, -0.05) is 29.5 Å². The number of nitrogens with one attached hydrogen (secondary N) is 2. The number of aromatic nitrogens is 1. The van der Waals surface area contributed by atoms with Crippen LogP contribution in [0, 0.1) is 23.5 Å². The molecule has 0 saturated heterocycles. The Balaban J connectivity index is 1.69. The standard InChI is InChI=1S/C22H13ClF2N2O2S/c23-16-2-1-3-17(13-16)30(28,29)27-21-9-7-19(24)18(22(21)25)6-4-14-5-8-20-15(12-14)10-11-26-20/h1-3,5,7-13,26-27H. The van der Waals surface area contributed by atoms with Crippen molar-refractivity contribution in [3.8, 4) is 11.8 Å². The molecule has 0 saturated carbocycles. The molecule has 8 heteroatoms. The Bertz CT molecular complexity index is 1440. The molecular weight excluding hydrogens is 430 g/mol. The van der Waals surface area contributed by atoms with E-state index in [1.54, 1.807) is 18.3 Å². The van der Waals surface area contributed by atoms with Gasteiger partial charge >= 0.3 is 0 Å². The third-order valence-corrected chi connectivity index (χ3v) is 5.93. The van der Waals surface area contributed by atoms with Crippen LogP contribution in [0.15, 0.2) is 71.8 Å². The number of fused-ring (bicyclic) bond motifs is 1. The fourth-order valence-electron chi connectivity index (χ4n) is 2.85. The number of hydrogen-bond acceptors (Lipinski definition) is 2. The molecule has 0 spiro atoms. The molecule has 4 rings (SSSR count). The number of sulfonamides is 1. The van der Waals surface area contributed by atoms with Crippen molar-refractivity contribution < 1.29 is 17.2 Å². The topological polar surface area (TPSA) is 62.0 Å². The van der Waals surface area contributed by atoms with Crippen LogP contribution < -0.4 is 4.72 Å². The Morgan fingerprint density at radius 3 is 2.60 bits per heavy atom. The van der Waals surface area contributed by atoms with E-state index in [2.05, 4.69) is 21.5 Å². The zero-order valence-corrected chi connectivity index (χ0v) is 16.8. The van der Waals surface area contributed by atoms with Crippen LogP contribution in [-0.4, -0.2) is 13.4 Å². The van der Waals surface area contributed by atoms with Gasteiger partial charge in [0.25, 0.3) is 10.0 Å². The molecule has 30 heavy (non-hydrogen) atoms. The predicted molar refractivity (Wildman–Crippen MR) is 113 cm³/mol. The van der Waals surface area contributed by atoms with Crippen molar-refractivity contribution in [1.82, 2.24) is 4.98 Å². The lowest BCUT2D eigenvalue weighted by Crippen LogP contribution is -2.14. The average molecular weight is 443 g/mol. The molecule has 1 heterocycles. The Morgan fingerprint density at radius 2 is 1.80 bits per heavy atom. The molecule has 0 aliphatic heterocycles. The highest BCUT2D eigenvalue weighted by molar-refractivity contribution is 7.92. The SMILES string of the molecule is O=S(=O)(Nc1ccc(F)c(C#Cc2ccc3[nH]ccc3c2)c1F)c1cccc(Cl)c1. The molecule has 2 N–H and O–H groups in total. The minimum Gasteiger partial charge on any atom is -0.361 e. The van der Waals surface area contributed by atoms with E-state index >= 15 is 0 Å². The Hall–Kier alpha value is -3.34. The maximum atomic E-state index is 14.9. The van der Waals surface area contributed by atoms with Crippen molar-refractivity contribution in [1.29, 1.82) is 0 Å². The fourth-order valence-corrected chi connectivity index (χ4v) is 4.21. The normalized spacial score (nSPS) is 11.2. The van der Waals surface area contributed by atoms with Gasteiger partial charge in [-0.2, -0.15) is 0 Å². The number of anilines is 1. The monoisotopic (exact) mass is 442 g/mol. The van der Waals surface area contributed by atoms with Crippen LogP contribution in [0.25, 0.3) is 10.9 Å². The summed E-state index contributed by atoms with van der Waals surface area (Å²) in [7, 11) is -4.12. The van der Waals surface area contributed by atoms with Gasteiger partial charge < -0.3 is 4.98 Å². The van der Waals surface area contributed by atoms with Crippen LogP contribution in [0.3, 0.4) is 0 Å². The average Bonchev–Trinajstić information content (AvgIpc) is 3.18. The Labute approximate surface area is 176 Å². The summed E-state index contributed by atoms with van der Waals surface area (Å²) in [5, 5.41) is 1.12. The van der Waals surface area contributed by atoms with Crippen molar-refractivity contribution in [3.05, 3.63) is 94.6 Å². The predicted octanol–water partition coefficient (Wildman–Crippen LogP) is 5.30. The second-order valence-corrected chi connectivity index (χ2v) is 8.50. The Morgan fingerprint density at radius 1 is 0.967 bits per heavy atom. The van der Waals surface area contributed by atoms with Gasteiger partial charge in [0.15, 0.2) is 5.82 Å². The van der Waals surface area contributed by atoms with E-state index in [1.807, 2.05) is 12.1 Å². The van der Waals surface area contributed by atoms with Gasteiger partial charge in [0.1, 0.15) is 5.82 Å². The molecule has 4 aromatic rings. The first-order valence-corrected chi connectivity index (χ1v) is 10.6. The van der Waals surface area contributed by atoms with E-state index in [1.165, 1.54) is 24.3 Å². The van der Waals surface area contributed by atoms with E-state index in [0.717, 1.165) is 23.0 Å². The molecule has 0 bridgehead atoms. The van der Waals surface area contributed by atoms with Gasteiger partial charge in [0.2, 0.25) is 0 Å². The summed E-state index contributed by atoms with van der Waals surface area (Å²) in [6.45, 7) is 0. The van der Waals surface area contributed by atoms with Crippen molar-refractivity contribution in [2.45, 2.75) is 4.90 Å². The Kier molecular flexibility index (Phi) is 5.20. The third-order valence-electron chi connectivity index (χ3n) is 4.33. The van der Waals surface area contributed by atoms with E-state index in [4.69, 9.17) is 11.6 Å². The zero-order chi connectivity index (χ0) is 21.3. The van der Waals surface area contributed by atoms with Gasteiger partial charge in [-0.25, -0.2) is 17.2 Å². The molecule has 1 aromatic heterocycles. The highest BCUT2D eigenvalue weighted by Gasteiger charge is 2.19. The van der Waals surface area contributed by atoms with Crippen LogP contribution >= 0.6 is 11.6 Å². The van der Waals surface area contributed by atoms with Crippen molar-refractivity contribution in [3.63, 3.8) is 0 Å². The van der Waals surface area contributed by atoms with Gasteiger partial charge in [0.05, 0.1) is 16.1 Å². The summed E-state index contributed by atoms with van der Waals surface area (Å²) in [5.41, 5.74) is 0.526. The van der Waals surface area contributed by atoms with Crippen molar-refractivity contribution in [2.75, 3.05) is 4.72 Å². The zero-order valence-electron chi connectivity index (χ0n) is 15.2. The number of halogens is 3. The fraction of sp³-hybridized carbons (Fsp3) is 0. The highest BCUT2D eigenvalue weighted by Crippen LogP contribution is 2.25. The summed E-state index contributed by atoms with van der Waals surface area (Å²) in [6.07, 6.45) is 1.77. The molecule has 0 radical (unpaired) electrons. The lowest BCUT2D eigenvalue weighted by atomic mass is 10.1. The van der Waals surface area contributed by atoms with Crippen LogP contribution in [0.5, 0.6) is 0 Å². The molecule has 0 aliphatic rings. The summed E-state index contributed by atoms with van der Waals surface area (Å²) in [5.74, 6) is 3.18. The number of H-pyrrole nitrogens is 1. The molecule has 3 aromatic carbocycles. The first kappa shape index (κ1) is 20.0. The summed E-state index contributed by atoms with van der Waals surface area (Å²) < 4.78 is 56.2. The van der Waals surface area contributed by atoms with E-state index < -0.39 is 32.9 Å².